The number of ether oxygens (including phenoxy) is 1. The van der Waals surface area contributed by atoms with Gasteiger partial charge in [-0.15, -0.1) is 12.4 Å². The lowest BCUT2D eigenvalue weighted by atomic mass is 10.1. The molecule has 0 radical (unpaired) electrons. The summed E-state index contributed by atoms with van der Waals surface area (Å²) in [4.78, 5) is 10.7. The molecule has 6 heteroatoms. The Balaban J connectivity index is 0.00000112. The average molecular weight is 252 g/mol. The van der Waals surface area contributed by atoms with Gasteiger partial charge in [0, 0.05) is 10.6 Å². The van der Waals surface area contributed by atoms with Crippen molar-refractivity contribution in [3.63, 3.8) is 0 Å². The van der Waals surface area contributed by atoms with Crippen molar-refractivity contribution >= 4 is 30.1 Å². The van der Waals surface area contributed by atoms with E-state index in [9.17, 15) is 9.18 Å². The van der Waals surface area contributed by atoms with Crippen LogP contribution in [0.5, 0.6) is 0 Å². The van der Waals surface area contributed by atoms with E-state index in [-0.39, 0.29) is 19.0 Å². The Labute approximate surface area is 97.0 Å². The van der Waals surface area contributed by atoms with Crippen molar-refractivity contribution in [2.45, 2.75) is 6.04 Å². The molecule has 1 aromatic carbocycles. The van der Waals surface area contributed by atoms with Crippen LogP contribution in [-0.4, -0.2) is 12.7 Å². The molecule has 0 aromatic heterocycles. The molecule has 15 heavy (non-hydrogen) atoms. The Morgan fingerprint density at radius 2 is 2.27 bits per heavy atom. The van der Waals surface area contributed by atoms with E-state index >= 15 is 0 Å². The zero-order valence-electron chi connectivity index (χ0n) is 7.50. The van der Waals surface area contributed by atoms with Gasteiger partial charge < -0.3 is 10.1 Å². The molecule has 1 aromatic rings. The van der Waals surface area contributed by atoms with Crippen molar-refractivity contribution in [3.05, 3.63) is 34.6 Å². The number of amides is 1. The van der Waals surface area contributed by atoms with E-state index in [1.807, 2.05) is 0 Å². The summed E-state index contributed by atoms with van der Waals surface area (Å²) in [6, 6.07) is 3.76. The topological polar surface area (TPSA) is 38.3 Å². The first kappa shape index (κ1) is 12.1. The van der Waals surface area contributed by atoms with Gasteiger partial charge in [0.15, 0.2) is 0 Å². The van der Waals surface area contributed by atoms with Gasteiger partial charge in [-0.2, -0.15) is 0 Å². The van der Waals surface area contributed by atoms with E-state index < -0.39 is 18.0 Å². The van der Waals surface area contributed by atoms with Crippen LogP contribution in [0.3, 0.4) is 0 Å². The van der Waals surface area contributed by atoms with Crippen molar-refractivity contribution < 1.29 is 13.9 Å². The number of cyclic esters (lactones) is 1. The number of halogens is 3. The highest BCUT2D eigenvalue weighted by Gasteiger charge is 2.26. The molecule has 1 amide bonds. The molecule has 1 heterocycles. The summed E-state index contributed by atoms with van der Waals surface area (Å²) in [6.07, 6.45) is -0.533. The third-order valence-corrected chi connectivity index (χ3v) is 2.24. The minimum Gasteiger partial charge on any atom is -0.447 e. The van der Waals surface area contributed by atoms with Gasteiger partial charge in [0.1, 0.15) is 12.4 Å². The third kappa shape index (κ3) is 2.52. The molecule has 0 aliphatic carbocycles. The predicted octanol–water partition coefficient (Wildman–Crippen LogP) is 2.68. The number of nitrogens with one attached hydrogen (secondary N) is 1. The molecule has 3 nitrogen and oxygen atoms in total. The Bertz CT molecular complexity index is 386. The van der Waals surface area contributed by atoms with Gasteiger partial charge in [-0.05, 0) is 18.2 Å². The van der Waals surface area contributed by atoms with Crippen LogP contribution >= 0.6 is 24.0 Å². The maximum atomic E-state index is 13.3. The summed E-state index contributed by atoms with van der Waals surface area (Å²) >= 11 is 5.71. The SMILES string of the molecule is Cl.O=C1N[C@@H](c2cc(Cl)ccc2F)CO1. The number of alkyl carbamates (subject to hydrolysis) is 1. The lowest BCUT2D eigenvalue weighted by molar-refractivity contribution is 0.177. The lowest BCUT2D eigenvalue weighted by Gasteiger charge is -2.08. The van der Waals surface area contributed by atoms with Crippen molar-refractivity contribution in [2.75, 3.05) is 6.61 Å². The van der Waals surface area contributed by atoms with Crippen LogP contribution in [0.4, 0.5) is 9.18 Å². The van der Waals surface area contributed by atoms with Crippen molar-refractivity contribution in [1.82, 2.24) is 5.32 Å². The maximum absolute atomic E-state index is 13.3. The second-order valence-corrected chi connectivity index (χ2v) is 3.40. The van der Waals surface area contributed by atoms with Gasteiger partial charge >= 0.3 is 6.09 Å². The Hall–Kier alpha value is -1.00. The maximum Gasteiger partial charge on any atom is 0.407 e. The molecule has 0 bridgehead atoms. The van der Waals surface area contributed by atoms with Crippen LogP contribution in [0, 0.1) is 5.82 Å². The highest BCUT2D eigenvalue weighted by atomic mass is 35.5. The number of hydrogen-bond acceptors (Lipinski definition) is 2. The number of carbonyl (C=O) groups excluding carboxylic acids is 1. The summed E-state index contributed by atoms with van der Waals surface area (Å²) in [5, 5.41) is 2.91. The molecule has 1 aliphatic heterocycles. The predicted molar refractivity (Wildman–Crippen MR) is 55.9 cm³/mol. The summed E-state index contributed by atoms with van der Waals surface area (Å²) in [5.41, 5.74) is 0.350. The molecule has 1 fully saturated rings. The van der Waals surface area contributed by atoms with E-state index in [1.54, 1.807) is 0 Å². The molecule has 1 atom stereocenters. The standard InChI is InChI=1S/C9H7ClFNO2.ClH/c10-5-1-2-7(11)6(3-5)8-4-14-9(13)12-8;/h1-3,8H,4H2,(H,12,13);1H/t8-;/m1./s1. The number of carbonyl (C=O) groups is 1. The smallest absolute Gasteiger partial charge is 0.407 e. The van der Waals surface area contributed by atoms with Crippen LogP contribution in [-0.2, 0) is 4.74 Å². The van der Waals surface area contributed by atoms with Crippen LogP contribution in [0.1, 0.15) is 11.6 Å². The molecule has 0 unspecified atom stereocenters. The Morgan fingerprint density at radius 3 is 2.87 bits per heavy atom. The van der Waals surface area contributed by atoms with Crippen molar-refractivity contribution in [2.24, 2.45) is 0 Å². The van der Waals surface area contributed by atoms with E-state index in [0.29, 0.717) is 10.6 Å². The monoisotopic (exact) mass is 251 g/mol. The highest BCUT2D eigenvalue weighted by molar-refractivity contribution is 6.30. The molecule has 1 aliphatic rings. The summed E-state index contributed by atoms with van der Waals surface area (Å²) in [7, 11) is 0. The van der Waals surface area contributed by atoms with E-state index in [4.69, 9.17) is 11.6 Å². The first-order valence-electron chi connectivity index (χ1n) is 4.05. The number of benzene rings is 1. The quantitative estimate of drug-likeness (QED) is 0.834. The summed E-state index contributed by atoms with van der Waals surface area (Å²) < 4.78 is 17.9. The third-order valence-electron chi connectivity index (χ3n) is 2.01. The Morgan fingerprint density at radius 1 is 1.53 bits per heavy atom. The van der Waals surface area contributed by atoms with Crippen LogP contribution in [0.25, 0.3) is 0 Å². The lowest BCUT2D eigenvalue weighted by Crippen LogP contribution is -2.19. The molecule has 82 valence electrons. The zero-order valence-corrected chi connectivity index (χ0v) is 9.07. The fourth-order valence-electron chi connectivity index (χ4n) is 1.33. The van der Waals surface area contributed by atoms with Gasteiger partial charge in [0.05, 0.1) is 6.04 Å². The largest absolute Gasteiger partial charge is 0.447 e. The highest BCUT2D eigenvalue weighted by Crippen LogP contribution is 2.24. The Kier molecular flexibility index (Phi) is 3.77. The van der Waals surface area contributed by atoms with E-state index in [2.05, 4.69) is 10.1 Å². The van der Waals surface area contributed by atoms with Gasteiger partial charge in [-0.25, -0.2) is 9.18 Å². The molecule has 1 saturated heterocycles. The normalized spacial score (nSPS) is 19.1. The molecule has 2 rings (SSSR count). The minimum absolute atomic E-state index is 0. The average Bonchev–Trinajstić information content (AvgIpc) is 2.56. The molecular weight excluding hydrogens is 244 g/mol. The second kappa shape index (κ2) is 4.68. The van der Waals surface area contributed by atoms with E-state index in [0.717, 1.165) is 0 Å². The van der Waals surface area contributed by atoms with Crippen molar-refractivity contribution in [3.8, 4) is 0 Å². The summed E-state index contributed by atoms with van der Waals surface area (Å²) in [5.74, 6) is -0.398. The first-order chi connectivity index (χ1) is 6.66. The van der Waals surface area contributed by atoms with Crippen LogP contribution < -0.4 is 5.32 Å². The molecule has 0 spiro atoms. The van der Waals surface area contributed by atoms with Gasteiger partial charge in [-0.3, -0.25) is 0 Å². The van der Waals surface area contributed by atoms with Gasteiger partial charge in [0.2, 0.25) is 0 Å². The fraction of sp³-hybridized carbons (Fsp3) is 0.222. The van der Waals surface area contributed by atoms with Gasteiger partial charge in [-0.1, -0.05) is 11.6 Å². The summed E-state index contributed by atoms with van der Waals surface area (Å²) in [6.45, 7) is 0.135. The second-order valence-electron chi connectivity index (χ2n) is 2.96. The molecular formula is C9H8Cl2FNO2. The fourth-order valence-corrected chi connectivity index (χ4v) is 1.51. The van der Waals surface area contributed by atoms with E-state index in [1.165, 1.54) is 18.2 Å². The zero-order chi connectivity index (χ0) is 10.1. The van der Waals surface area contributed by atoms with Crippen LogP contribution in [0.2, 0.25) is 5.02 Å². The molecule has 0 saturated carbocycles. The molecule has 1 N–H and O–H groups in total. The van der Waals surface area contributed by atoms with Crippen molar-refractivity contribution in [1.29, 1.82) is 0 Å². The number of hydrogen-bond donors (Lipinski definition) is 1. The first-order valence-corrected chi connectivity index (χ1v) is 4.43. The number of rotatable bonds is 1. The minimum atomic E-state index is -0.533. The van der Waals surface area contributed by atoms with Gasteiger partial charge in [0.25, 0.3) is 0 Å². The van der Waals surface area contributed by atoms with Crippen LogP contribution in [0.15, 0.2) is 18.2 Å².